The van der Waals surface area contributed by atoms with Crippen LogP contribution in [-0.4, -0.2) is 42.6 Å². The summed E-state index contributed by atoms with van der Waals surface area (Å²) in [6, 6.07) is 5.40. The van der Waals surface area contributed by atoms with Crippen LogP contribution in [0.2, 0.25) is 5.02 Å². The third-order valence-corrected chi connectivity index (χ3v) is 5.03. The Kier molecular flexibility index (Phi) is 3.66. The molecule has 1 aromatic heterocycles. The van der Waals surface area contributed by atoms with Gasteiger partial charge in [0, 0.05) is 44.3 Å². The summed E-state index contributed by atoms with van der Waals surface area (Å²) >= 11 is 6.11. The van der Waals surface area contributed by atoms with E-state index in [1.54, 1.807) is 12.3 Å². The molecule has 1 aliphatic carbocycles. The summed E-state index contributed by atoms with van der Waals surface area (Å²) in [4.78, 5) is 8.79. The Hall–Kier alpha value is -1.39. The number of fused-ring (bicyclic) bond motifs is 1. The van der Waals surface area contributed by atoms with Gasteiger partial charge < -0.3 is 4.90 Å². The molecule has 0 unspecified atom stereocenters. The number of benzene rings is 1. The smallest absolute Gasteiger partial charge is 0.172 e. The van der Waals surface area contributed by atoms with Crippen LogP contribution in [0.5, 0.6) is 0 Å². The second-order valence-corrected chi connectivity index (χ2v) is 6.73. The Balaban J connectivity index is 1.55. The van der Waals surface area contributed by atoms with Crippen LogP contribution in [0.1, 0.15) is 12.8 Å². The molecular weight excluding hydrogens is 301 g/mol. The zero-order valence-corrected chi connectivity index (χ0v) is 13.2. The number of hydrogen-bond donors (Lipinski definition) is 0. The highest BCUT2D eigenvalue weighted by Gasteiger charge is 2.27. The van der Waals surface area contributed by atoms with Crippen LogP contribution in [0.4, 0.5) is 10.1 Å². The predicted octanol–water partition coefficient (Wildman–Crippen LogP) is 3.56. The highest BCUT2D eigenvalue weighted by Crippen LogP contribution is 2.32. The van der Waals surface area contributed by atoms with Crippen LogP contribution < -0.4 is 4.90 Å². The maximum absolute atomic E-state index is 14.8. The minimum atomic E-state index is -0.254. The SMILES string of the molecule is Fc1c(N2CCN(CC3CC3)CC2)ccc2c(Cl)ccnc12. The highest BCUT2D eigenvalue weighted by molar-refractivity contribution is 6.35. The van der Waals surface area contributed by atoms with E-state index < -0.39 is 0 Å². The van der Waals surface area contributed by atoms with Gasteiger partial charge in [0.25, 0.3) is 0 Å². The number of anilines is 1. The van der Waals surface area contributed by atoms with Gasteiger partial charge in [-0.1, -0.05) is 11.6 Å². The summed E-state index contributed by atoms with van der Waals surface area (Å²) in [5.74, 6) is 0.658. The molecule has 116 valence electrons. The molecule has 0 spiro atoms. The molecule has 1 aromatic carbocycles. The molecule has 2 aromatic rings. The van der Waals surface area contributed by atoms with E-state index in [0.717, 1.165) is 32.1 Å². The molecule has 3 nitrogen and oxygen atoms in total. The van der Waals surface area contributed by atoms with E-state index in [2.05, 4.69) is 14.8 Å². The Morgan fingerprint density at radius 2 is 1.91 bits per heavy atom. The Bertz CT molecular complexity index is 694. The molecule has 0 N–H and O–H groups in total. The Morgan fingerprint density at radius 3 is 2.64 bits per heavy atom. The van der Waals surface area contributed by atoms with Gasteiger partial charge in [-0.2, -0.15) is 0 Å². The molecular formula is C17H19ClFN3. The van der Waals surface area contributed by atoms with E-state index in [0.29, 0.717) is 21.6 Å². The van der Waals surface area contributed by atoms with Crippen LogP contribution in [0, 0.1) is 11.7 Å². The van der Waals surface area contributed by atoms with E-state index >= 15 is 0 Å². The standard InChI is InChI=1S/C17H19ClFN3/c18-14-5-6-20-17-13(14)3-4-15(16(17)19)22-9-7-21(8-10-22)11-12-1-2-12/h3-6,12H,1-2,7-11H2. The van der Waals surface area contributed by atoms with Crippen molar-refractivity contribution in [2.24, 2.45) is 5.92 Å². The van der Waals surface area contributed by atoms with E-state index in [1.165, 1.54) is 19.4 Å². The van der Waals surface area contributed by atoms with E-state index in [-0.39, 0.29) is 5.82 Å². The fraction of sp³-hybridized carbons (Fsp3) is 0.471. The molecule has 0 bridgehead atoms. The summed E-state index contributed by atoms with van der Waals surface area (Å²) in [6.45, 7) is 4.98. The van der Waals surface area contributed by atoms with Crippen molar-refractivity contribution in [3.8, 4) is 0 Å². The molecule has 1 aliphatic heterocycles. The van der Waals surface area contributed by atoms with Crippen molar-refractivity contribution >= 4 is 28.2 Å². The van der Waals surface area contributed by atoms with Crippen molar-refractivity contribution in [2.75, 3.05) is 37.6 Å². The van der Waals surface area contributed by atoms with E-state index in [9.17, 15) is 4.39 Å². The minimum absolute atomic E-state index is 0.254. The number of aromatic nitrogens is 1. The Labute approximate surface area is 134 Å². The van der Waals surface area contributed by atoms with Crippen LogP contribution in [0.15, 0.2) is 24.4 Å². The molecule has 1 saturated heterocycles. The van der Waals surface area contributed by atoms with Crippen molar-refractivity contribution in [3.63, 3.8) is 0 Å². The molecule has 0 radical (unpaired) electrons. The molecule has 2 heterocycles. The van der Waals surface area contributed by atoms with Crippen LogP contribution in [-0.2, 0) is 0 Å². The Morgan fingerprint density at radius 1 is 1.14 bits per heavy atom. The number of hydrogen-bond acceptors (Lipinski definition) is 3. The fourth-order valence-electron chi connectivity index (χ4n) is 3.22. The molecule has 2 fully saturated rings. The van der Waals surface area contributed by atoms with Gasteiger partial charge in [-0.15, -0.1) is 0 Å². The van der Waals surface area contributed by atoms with Gasteiger partial charge in [-0.05, 0) is 37.0 Å². The van der Waals surface area contributed by atoms with Gasteiger partial charge in [0.2, 0.25) is 0 Å². The molecule has 0 amide bonds. The first kappa shape index (κ1) is 14.2. The lowest BCUT2D eigenvalue weighted by molar-refractivity contribution is 0.247. The zero-order chi connectivity index (χ0) is 15.1. The van der Waals surface area contributed by atoms with Gasteiger partial charge in [-0.25, -0.2) is 4.39 Å². The molecule has 0 atom stereocenters. The normalized spacial score (nSPS) is 19.8. The fourth-order valence-corrected chi connectivity index (χ4v) is 3.43. The summed E-state index contributed by atoms with van der Waals surface area (Å²) in [5, 5.41) is 1.22. The van der Waals surface area contributed by atoms with E-state index in [1.807, 2.05) is 12.1 Å². The van der Waals surface area contributed by atoms with Crippen molar-refractivity contribution in [2.45, 2.75) is 12.8 Å². The predicted molar refractivity (Wildman–Crippen MR) is 88.1 cm³/mol. The van der Waals surface area contributed by atoms with Crippen molar-refractivity contribution < 1.29 is 4.39 Å². The van der Waals surface area contributed by atoms with Gasteiger partial charge in [0.15, 0.2) is 5.82 Å². The van der Waals surface area contributed by atoms with E-state index in [4.69, 9.17) is 11.6 Å². The van der Waals surface area contributed by atoms with Crippen molar-refractivity contribution in [3.05, 3.63) is 35.2 Å². The van der Waals surface area contributed by atoms with Gasteiger partial charge in [0.05, 0.1) is 10.7 Å². The monoisotopic (exact) mass is 319 g/mol. The molecule has 4 rings (SSSR count). The second kappa shape index (κ2) is 5.67. The zero-order valence-electron chi connectivity index (χ0n) is 12.4. The quantitative estimate of drug-likeness (QED) is 0.862. The number of pyridine rings is 1. The first-order valence-corrected chi connectivity index (χ1v) is 8.30. The molecule has 1 saturated carbocycles. The largest absolute Gasteiger partial charge is 0.367 e. The van der Waals surface area contributed by atoms with Crippen LogP contribution in [0.3, 0.4) is 0 Å². The maximum Gasteiger partial charge on any atom is 0.172 e. The van der Waals surface area contributed by atoms with Crippen LogP contribution in [0.25, 0.3) is 10.9 Å². The summed E-state index contributed by atoms with van der Waals surface area (Å²) in [7, 11) is 0. The average Bonchev–Trinajstić information content (AvgIpc) is 3.34. The topological polar surface area (TPSA) is 19.4 Å². The molecule has 22 heavy (non-hydrogen) atoms. The number of rotatable bonds is 3. The summed E-state index contributed by atoms with van der Waals surface area (Å²) in [6.07, 6.45) is 4.32. The summed E-state index contributed by atoms with van der Waals surface area (Å²) in [5.41, 5.74) is 1.01. The maximum atomic E-state index is 14.8. The van der Waals surface area contributed by atoms with Gasteiger partial charge in [0.1, 0.15) is 5.52 Å². The first-order valence-electron chi connectivity index (χ1n) is 7.92. The van der Waals surface area contributed by atoms with Crippen molar-refractivity contribution in [1.82, 2.24) is 9.88 Å². The lowest BCUT2D eigenvalue weighted by Crippen LogP contribution is -2.47. The number of piperazine rings is 1. The number of nitrogens with zero attached hydrogens (tertiary/aromatic N) is 3. The molecule has 5 heteroatoms. The summed E-state index contributed by atoms with van der Waals surface area (Å²) < 4.78 is 14.8. The lowest BCUT2D eigenvalue weighted by atomic mass is 10.1. The van der Waals surface area contributed by atoms with Crippen LogP contribution >= 0.6 is 11.6 Å². The van der Waals surface area contributed by atoms with Crippen molar-refractivity contribution in [1.29, 1.82) is 0 Å². The lowest BCUT2D eigenvalue weighted by Gasteiger charge is -2.36. The third kappa shape index (κ3) is 2.66. The average molecular weight is 320 g/mol. The second-order valence-electron chi connectivity index (χ2n) is 6.32. The number of halogens is 2. The molecule has 2 aliphatic rings. The first-order chi connectivity index (χ1) is 10.7. The highest BCUT2D eigenvalue weighted by atomic mass is 35.5. The minimum Gasteiger partial charge on any atom is -0.367 e. The third-order valence-electron chi connectivity index (χ3n) is 4.70. The van der Waals surface area contributed by atoms with Gasteiger partial charge in [-0.3, -0.25) is 9.88 Å². The van der Waals surface area contributed by atoms with Gasteiger partial charge >= 0.3 is 0 Å².